The quantitative estimate of drug-likeness (QED) is 0.340. The van der Waals surface area contributed by atoms with E-state index < -0.39 is 8.38 Å². The Labute approximate surface area is 177 Å². The molecule has 4 nitrogen and oxygen atoms in total. The number of aliphatic hydroxyl groups is 2. The SMILES string of the molecule is C[C-](O)C(C)[CH-]O.C[C-]1OP(C)O[CH-]C1C.[V].[V].[W].[W]. The van der Waals surface area contributed by atoms with Crippen molar-refractivity contribution < 1.29 is 98.5 Å². The van der Waals surface area contributed by atoms with Crippen LogP contribution in [0.4, 0.5) is 0 Å². The number of rotatable bonds is 2. The first-order chi connectivity index (χ1) is 7.38. The first kappa shape index (κ1) is 34.2. The van der Waals surface area contributed by atoms with Gasteiger partial charge >= 0.3 is 0 Å². The average molecular weight is 718 g/mol. The minimum Gasteiger partial charge on any atom is -0.568 e. The molecule has 1 aliphatic heterocycles. The van der Waals surface area contributed by atoms with E-state index in [9.17, 15) is 0 Å². The van der Waals surface area contributed by atoms with Crippen molar-refractivity contribution in [1.29, 1.82) is 0 Å². The Kier molecular flexibility index (Phi) is 34.0. The van der Waals surface area contributed by atoms with E-state index in [0.29, 0.717) is 5.92 Å². The molecule has 0 aromatic carbocycles. The van der Waals surface area contributed by atoms with Crippen LogP contribution < -0.4 is 0 Å². The summed E-state index contributed by atoms with van der Waals surface area (Å²) in [5.41, 5.74) is 0. The van der Waals surface area contributed by atoms with Crippen LogP contribution in [-0.2, 0) is 88.3 Å². The molecule has 2 radical (unpaired) electrons. The van der Waals surface area contributed by atoms with Gasteiger partial charge in [0.05, 0.1) is 0 Å². The Morgan fingerprint density at radius 2 is 1.85 bits per heavy atom. The maximum absolute atomic E-state index is 8.55. The fourth-order valence-corrected chi connectivity index (χ4v) is 1.66. The second-order valence-corrected chi connectivity index (χ2v) is 5.02. The van der Waals surface area contributed by atoms with Gasteiger partial charge in [-0.3, -0.25) is 11.8 Å². The van der Waals surface area contributed by atoms with E-state index in [0.717, 1.165) is 12.7 Å². The van der Waals surface area contributed by atoms with Crippen LogP contribution in [0.15, 0.2) is 0 Å². The Bertz CT molecular complexity index is 196. The molecule has 20 heavy (non-hydrogen) atoms. The molecule has 9 heteroatoms. The van der Waals surface area contributed by atoms with Crippen LogP contribution in [-0.4, -0.2) is 16.9 Å². The summed E-state index contributed by atoms with van der Waals surface area (Å²) in [5.74, 6) is 0.156. The zero-order valence-electron chi connectivity index (χ0n) is 12.2. The van der Waals surface area contributed by atoms with Gasteiger partial charge in [0.15, 0.2) is 0 Å². The Morgan fingerprint density at radius 3 is 2.05 bits per heavy atom. The molecule has 0 aliphatic carbocycles. The smallest absolute Gasteiger partial charge is 0.101 e. The summed E-state index contributed by atoms with van der Waals surface area (Å²) >= 11 is 0. The minimum absolute atomic E-state index is 0. The average Bonchev–Trinajstić information content (AvgIpc) is 2.23. The van der Waals surface area contributed by atoms with Crippen LogP contribution in [0.25, 0.3) is 0 Å². The predicted octanol–water partition coefficient (Wildman–Crippen LogP) is 3.40. The van der Waals surface area contributed by atoms with Crippen molar-refractivity contribution in [1.82, 2.24) is 0 Å². The van der Waals surface area contributed by atoms with Gasteiger partial charge in [0, 0.05) is 85.9 Å². The summed E-state index contributed by atoms with van der Waals surface area (Å²) in [7, 11) is -0.650. The maximum atomic E-state index is 8.55. The third-order valence-corrected chi connectivity index (χ3v) is 3.17. The van der Waals surface area contributed by atoms with E-state index in [2.05, 4.69) is 6.92 Å². The molecule has 1 rings (SSSR count). The van der Waals surface area contributed by atoms with Crippen molar-refractivity contribution in [3.63, 3.8) is 0 Å². The predicted molar refractivity (Wildman–Crippen MR) is 63.6 cm³/mol. The second kappa shape index (κ2) is 19.9. The Hall–Kier alpha value is 2.82. The van der Waals surface area contributed by atoms with E-state index in [4.69, 9.17) is 19.3 Å². The summed E-state index contributed by atoms with van der Waals surface area (Å²) in [5, 5.41) is 16.7. The molecular weight excluding hydrogens is 697 g/mol. The molecule has 0 aromatic rings. The standard InChI is InChI=1S/C6H11O2P.C5H10O2.2V.2W/c1-5-4-7-9(3)8-6(5)2;1-4(3-6)5(2)7;;;;/h4-5H,1-3H3;3-4,6-7H,1-2H3;;;;/q2*-2;;;;. The fraction of sp³-hybridized carbons (Fsp3) is 0.636. The third kappa shape index (κ3) is 17.2. The Morgan fingerprint density at radius 1 is 1.40 bits per heavy atom. The van der Waals surface area contributed by atoms with Gasteiger partial charge in [0.25, 0.3) is 0 Å². The van der Waals surface area contributed by atoms with Crippen molar-refractivity contribution in [2.45, 2.75) is 27.7 Å². The largest absolute Gasteiger partial charge is 0.568 e. The Balaban J connectivity index is -0.0000000640. The van der Waals surface area contributed by atoms with Crippen LogP contribution >= 0.6 is 8.38 Å². The number of hydrogen-bond donors (Lipinski definition) is 2. The zero-order valence-corrected chi connectivity index (χ0v) is 21.7. The van der Waals surface area contributed by atoms with Crippen molar-refractivity contribution in [2.75, 3.05) is 6.66 Å². The molecule has 1 aliphatic rings. The van der Waals surface area contributed by atoms with Crippen LogP contribution in [0.2, 0.25) is 0 Å². The molecule has 120 valence electrons. The molecule has 2 N–H and O–H groups in total. The van der Waals surface area contributed by atoms with Crippen molar-refractivity contribution >= 4 is 8.38 Å². The first-order valence-electron chi connectivity index (χ1n) is 5.13. The summed E-state index contributed by atoms with van der Waals surface area (Å²) < 4.78 is 10.5. The van der Waals surface area contributed by atoms with Gasteiger partial charge < -0.3 is 19.3 Å². The summed E-state index contributed by atoms with van der Waals surface area (Å²) in [6.07, 6.45) is 1.30. The second-order valence-electron chi connectivity index (χ2n) is 3.75. The van der Waals surface area contributed by atoms with Gasteiger partial charge in [-0.1, -0.05) is 0 Å². The molecule has 0 bridgehead atoms. The van der Waals surface area contributed by atoms with Gasteiger partial charge in [-0.25, -0.2) is 25.4 Å². The minimum atomic E-state index is -0.650. The fourth-order valence-electron chi connectivity index (χ4n) is 0.688. The zero-order chi connectivity index (χ0) is 12.7. The van der Waals surface area contributed by atoms with Crippen LogP contribution in [0.5, 0.6) is 0 Å². The molecule has 1 heterocycles. The van der Waals surface area contributed by atoms with Crippen molar-refractivity contribution in [3.8, 4) is 0 Å². The van der Waals surface area contributed by atoms with Crippen molar-refractivity contribution in [2.24, 2.45) is 11.8 Å². The molecule has 3 unspecified atom stereocenters. The topological polar surface area (TPSA) is 58.9 Å². The van der Waals surface area contributed by atoms with Crippen LogP contribution in [0.3, 0.4) is 0 Å². The van der Waals surface area contributed by atoms with Gasteiger partial charge in [-0.2, -0.15) is 13.8 Å². The molecule has 0 aromatic heterocycles. The van der Waals surface area contributed by atoms with Crippen LogP contribution in [0.1, 0.15) is 27.7 Å². The molecule has 1 fully saturated rings. The van der Waals surface area contributed by atoms with Crippen molar-refractivity contribution in [3.05, 3.63) is 25.4 Å². The molecule has 0 amide bonds. The van der Waals surface area contributed by atoms with E-state index in [1.54, 1.807) is 13.8 Å². The maximum Gasteiger partial charge on any atom is 0.101 e. The van der Waals surface area contributed by atoms with E-state index in [1.807, 2.05) is 20.2 Å². The normalized spacial score (nSPS) is 22.8. The van der Waals surface area contributed by atoms with Crippen LogP contribution in [0, 0.1) is 37.3 Å². The molecule has 1 saturated heterocycles. The number of hydrogen-bond acceptors (Lipinski definition) is 4. The summed E-state index contributed by atoms with van der Waals surface area (Å²) in [4.78, 5) is 0. The van der Waals surface area contributed by atoms with Gasteiger partial charge in [-0.05, 0) is 0 Å². The first-order valence-corrected chi connectivity index (χ1v) is 6.76. The van der Waals surface area contributed by atoms with Gasteiger partial charge in [0.1, 0.15) is 8.38 Å². The monoisotopic (exact) mass is 718 g/mol. The van der Waals surface area contributed by atoms with Gasteiger partial charge in [-0.15, -0.1) is 13.8 Å². The molecular formula is C11H21O4PV2W2-4. The van der Waals surface area contributed by atoms with Gasteiger partial charge in [0.2, 0.25) is 0 Å². The molecule has 0 saturated carbocycles. The summed E-state index contributed by atoms with van der Waals surface area (Å²) in [6, 6.07) is 0. The third-order valence-electron chi connectivity index (χ3n) is 2.21. The van der Waals surface area contributed by atoms with E-state index in [1.165, 1.54) is 0 Å². The molecule has 3 atom stereocenters. The van der Waals surface area contributed by atoms with E-state index >= 15 is 0 Å². The number of aliphatic hydroxyl groups excluding tert-OH is 2. The summed E-state index contributed by atoms with van der Waals surface area (Å²) in [6.45, 7) is 12.0. The molecule has 0 spiro atoms. The van der Waals surface area contributed by atoms with E-state index in [-0.39, 0.29) is 91.3 Å².